The molecule has 0 unspecified atom stereocenters. The molecule has 4 rings (SSSR count). The average molecular weight is 332 g/mol. The average Bonchev–Trinajstić information content (AvgIpc) is 3.08. The highest BCUT2D eigenvalue weighted by molar-refractivity contribution is 6.04. The molecule has 1 aliphatic rings. The van der Waals surface area contributed by atoms with Gasteiger partial charge in [-0.2, -0.15) is 0 Å². The zero-order chi connectivity index (χ0) is 17.2. The van der Waals surface area contributed by atoms with Gasteiger partial charge < -0.3 is 10.6 Å². The van der Waals surface area contributed by atoms with Crippen LogP contribution < -0.4 is 15.5 Å². The number of nitrogens with zero attached hydrogens (tertiary/aromatic N) is 2. The van der Waals surface area contributed by atoms with Crippen molar-refractivity contribution in [1.29, 1.82) is 0 Å². The first kappa shape index (κ1) is 15.1. The second-order valence-corrected chi connectivity index (χ2v) is 5.77. The van der Waals surface area contributed by atoms with Crippen LogP contribution in [0.25, 0.3) is 10.9 Å². The molecule has 1 fully saturated rings. The SMILES string of the molecule is O=C(Nc1ccc(N2CCNC2=O)cc1)c1ccc2ccccc2n1. The van der Waals surface area contributed by atoms with Crippen molar-refractivity contribution in [2.45, 2.75) is 0 Å². The first-order valence-corrected chi connectivity index (χ1v) is 8.03. The Morgan fingerprint density at radius 3 is 2.60 bits per heavy atom. The van der Waals surface area contributed by atoms with Gasteiger partial charge >= 0.3 is 6.03 Å². The first-order valence-electron chi connectivity index (χ1n) is 8.03. The minimum absolute atomic E-state index is 0.0999. The molecule has 3 amide bonds. The minimum atomic E-state index is -0.266. The molecule has 0 atom stereocenters. The number of aromatic nitrogens is 1. The number of anilines is 2. The lowest BCUT2D eigenvalue weighted by molar-refractivity contribution is 0.102. The molecule has 124 valence electrons. The Bertz CT molecular complexity index is 953. The molecule has 0 radical (unpaired) electrons. The summed E-state index contributed by atoms with van der Waals surface area (Å²) in [4.78, 5) is 30.1. The number of urea groups is 1. The normalized spacial score (nSPS) is 13.8. The summed E-state index contributed by atoms with van der Waals surface area (Å²) in [6.45, 7) is 1.29. The molecular weight excluding hydrogens is 316 g/mol. The standard InChI is InChI=1S/C19H16N4O2/c24-18(17-10-5-13-3-1-2-4-16(13)22-17)21-14-6-8-15(9-7-14)23-12-11-20-19(23)25/h1-10H,11-12H2,(H,20,25)(H,21,24). The molecule has 2 heterocycles. The lowest BCUT2D eigenvalue weighted by Crippen LogP contribution is -2.27. The van der Waals surface area contributed by atoms with Crippen molar-refractivity contribution in [3.63, 3.8) is 0 Å². The van der Waals surface area contributed by atoms with Crippen molar-refractivity contribution in [2.75, 3.05) is 23.3 Å². The molecule has 1 saturated heterocycles. The van der Waals surface area contributed by atoms with E-state index in [9.17, 15) is 9.59 Å². The summed E-state index contributed by atoms with van der Waals surface area (Å²) in [5.41, 5.74) is 2.60. The Balaban J connectivity index is 1.50. The number of hydrogen-bond donors (Lipinski definition) is 2. The number of pyridine rings is 1. The van der Waals surface area contributed by atoms with Crippen LogP contribution in [0.5, 0.6) is 0 Å². The summed E-state index contributed by atoms with van der Waals surface area (Å²) >= 11 is 0. The van der Waals surface area contributed by atoms with Crippen LogP contribution >= 0.6 is 0 Å². The van der Waals surface area contributed by atoms with Crippen LogP contribution in [0, 0.1) is 0 Å². The number of carbonyl (C=O) groups excluding carboxylic acids is 2. The Labute approximate surface area is 144 Å². The molecule has 0 bridgehead atoms. The number of carbonyl (C=O) groups is 2. The molecule has 25 heavy (non-hydrogen) atoms. The van der Waals surface area contributed by atoms with Crippen LogP contribution in [0.2, 0.25) is 0 Å². The minimum Gasteiger partial charge on any atom is -0.336 e. The van der Waals surface area contributed by atoms with E-state index in [2.05, 4.69) is 15.6 Å². The number of fused-ring (bicyclic) bond motifs is 1. The third kappa shape index (κ3) is 3.01. The fourth-order valence-electron chi connectivity index (χ4n) is 2.83. The fourth-order valence-corrected chi connectivity index (χ4v) is 2.83. The van der Waals surface area contributed by atoms with E-state index in [1.807, 2.05) is 42.5 Å². The van der Waals surface area contributed by atoms with Gasteiger partial charge in [-0.15, -0.1) is 0 Å². The van der Waals surface area contributed by atoms with Gasteiger partial charge in [0, 0.05) is 29.9 Å². The summed E-state index contributed by atoms with van der Waals surface area (Å²) in [7, 11) is 0. The lowest BCUT2D eigenvalue weighted by atomic mass is 10.2. The van der Waals surface area contributed by atoms with Gasteiger partial charge in [-0.1, -0.05) is 24.3 Å². The highest BCUT2D eigenvalue weighted by Gasteiger charge is 2.20. The maximum atomic E-state index is 12.4. The van der Waals surface area contributed by atoms with Crippen molar-refractivity contribution >= 4 is 34.2 Å². The number of para-hydroxylation sites is 1. The maximum Gasteiger partial charge on any atom is 0.321 e. The number of nitrogens with one attached hydrogen (secondary N) is 2. The quantitative estimate of drug-likeness (QED) is 0.774. The molecule has 6 heteroatoms. The Morgan fingerprint density at radius 1 is 1.04 bits per heavy atom. The molecule has 1 aromatic heterocycles. The Hall–Kier alpha value is -3.41. The van der Waals surface area contributed by atoms with Crippen LogP contribution in [0.3, 0.4) is 0 Å². The number of benzene rings is 2. The van der Waals surface area contributed by atoms with Gasteiger partial charge in [-0.05, 0) is 36.4 Å². The molecule has 2 N–H and O–H groups in total. The number of amides is 3. The van der Waals surface area contributed by atoms with E-state index < -0.39 is 0 Å². The van der Waals surface area contributed by atoms with Crippen LogP contribution in [-0.4, -0.2) is 30.0 Å². The third-order valence-electron chi connectivity index (χ3n) is 4.12. The summed E-state index contributed by atoms with van der Waals surface area (Å²) in [6, 6.07) is 18.3. The van der Waals surface area contributed by atoms with E-state index in [1.54, 1.807) is 23.1 Å². The van der Waals surface area contributed by atoms with E-state index >= 15 is 0 Å². The largest absolute Gasteiger partial charge is 0.336 e. The smallest absolute Gasteiger partial charge is 0.321 e. The summed E-state index contributed by atoms with van der Waals surface area (Å²) in [5, 5.41) is 6.58. The zero-order valence-corrected chi connectivity index (χ0v) is 13.4. The highest BCUT2D eigenvalue weighted by Crippen LogP contribution is 2.20. The molecule has 3 aromatic rings. The van der Waals surface area contributed by atoms with Crippen LogP contribution in [0.15, 0.2) is 60.7 Å². The van der Waals surface area contributed by atoms with Crippen LogP contribution in [0.1, 0.15) is 10.5 Å². The topological polar surface area (TPSA) is 74.3 Å². The van der Waals surface area contributed by atoms with Gasteiger partial charge in [0.25, 0.3) is 5.91 Å². The number of rotatable bonds is 3. The van der Waals surface area contributed by atoms with Crippen molar-refractivity contribution in [3.8, 4) is 0 Å². The van der Waals surface area contributed by atoms with E-state index in [4.69, 9.17) is 0 Å². The zero-order valence-electron chi connectivity index (χ0n) is 13.4. The highest BCUT2D eigenvalue weighted by atomic mass is 16.2. The molecular formula is C19H16N4O2. The maximum absolute atomic E-state index is 12.4. The monoisotopic (exact) mass is 332 g/mol. The molecule has 0 aliphatic carbocycles. The predicted molar refractivity (Wildman–Crippen MR) is 96.9 cm³/mol. The van der Waals surface area contributed by atoms with Gasteiger partial charge in [0.2, 0.25) is 0 Å². The van der Waals surface area contributed by atoms with Gasteiger partial charge in [-0.25, -0.2) is 9.78 Å². The second-order valence-electron chi connectivity index (χ2n) is 5.77. The molecule has 1 aliphatic heterocycles. The Morgan fingerprint density at radius 2 is 1.84 bits per heavy atom. The molecule has 0 spiro atoms. The summed E-state index contributed by atoms with van der Waals surface area (Å²) in [5.74, 6) is -0.266. The van der Waals surface area contributed by atoms with Crippen molar-refractivity contribution in [2.24, 2.45) is 0 Å². The molecule has 6 nitrogen and oxygen atoms in total. The van der Waals surface area contributed by atoms with Gasteiger partial charge in [0.1, 0.15) is 5.69 Å². The summed E-state index contributed by atoms with van der Waals surface area (Å²) in [6.07, 6.45) is 0. The van der Waals surface area contributed by atoms with E-state index in [-0.39, 0.29) is 11.9 Å². The van der Waals surface area contributed by atoms with E-state index in [1.165, 1.54) is 0 Å². The third-order valence-corrected chi connectivity index (χ3v) is 4.12. The van der Waals surface area contributed by atoms with Crippen LogP contribution in [0.4, 0.5) is 16.2 Å². The second kappa shape index (κ2) is 6.24. The Kier molecular flexibility index (Phi) is 3.78. The molecule has 0 saturated carbocycles. The van der Waals surface area contributed by atoms with Crippen LogP contribution in [-0.2, 0) is 0 Å². The van der Waals surface area contributed by atoms with Gasteiger partial charge in [-0.3, -0.25) is 9.69 Å². The number of hydrogen-bond acceptors (Lipinski definition) is 3. The lowest BCUT2D eigenvalue weighted by Gasteiger charge is -2.14. The summed E-state index contributed by atoms with van der Waals surface area (Å²) < 4.78 is 0. The van der Waals surface area contributed by atoms with E-state index in [0.29, 0.717) is 24.5 Å². The van der Waals surface area contributed by atoms with Gasteiger partial charge in [0.05, 0.1) is 5.52 Å². The van der Waals surface area contributed by atoms with Crippen molar-refractivity contribution in [1.82, 2.24) is 10.3 Å². The first-order chi connectivity index (χ1) is 12.2. The fraction of sp³-hybridized carbons (Fsp3) is 0.105. The molecule has 2 aromatic carbocycles. The van der Waals surface area contributed by atoms with Crippen molar-refractivity contribution in [3.05, 3.63) is 66.4 Å². The predicted octanol–water partition coefficient (Wildman–Crippen LogP) is 3.02. The van der Waals surface area contributed by atoms with E-state index in [0.717, 1.165) is 16.6 Å². The van der Waals surface area contributed by atoms with Crippen molar-refractivity contribution < 1.29 is 9.59 Å². The van der Waals surface area contributed by atoms with Gasteiger partial charge in [0.15, 0.2) is 0 Å².